The number of benzene rings is 1. The molecule has 1 aliphatic heterocycles. The molecular formula is C25H24F4N4O4S. The number of hydrogen-bond acceptors (Lipinski definition) is 6. The van der Waals surface area contributed by atoms with Crippen molar-refractivity contribution in [1.29, 1.82) is 0 Å². The summed E-state index contributed by atoms with van der Waals surface area (Å²) in [6.45, 7) is 3.70. The van der Waals surface area contributed by atoms with Gasteiger partial charge in [0.15, 0.2) is 5.03 Å². The van der Waals surface area contributed by atoms with Gasteiger partial charge in [-0.1, -0.05) is 12.1 Å². The molecule has 0 saturated carbocycles. The summed E-state index contributed by atoms with van der Waals surface area (Å²) in [5.74, 6) is -1.91. The number of pyridine rings is 2. The Hall–Kier alpha value is -3.74. The van der Waals surface area contributed by atoms with Crippen LogP contribution < -0.4 is 9.62 Å². The minimum absolute atomic E-state index is 0.128. The van der Waals surface area contributed by atoms with Crippen LogP contribution in [-0.2, 0) is 21.0 Å². The molecule has 1 atom stereocenters. The number of rotatable bonds is 6. The molecule has 0 aliphatic carbocycles. The van der Waals surface area contributed by atoms with Crippen molar-refractivity contribution in [3.63, 3.8) is 0 Å². The minimum atomic E-state index is -4.83. The third-order valence-corrected chi connectivity index (χ3v) is 7.67. The summed E-state index contributed by atoms with van der Waals surface area (Å²) in [7, 11) is -4.41. The summed E-state index contributed by atoms with van der Waals surface area (Å²) in [5, 5.41) is 9.14. The standard InChI is InChI=1S/C25H24F4N4O4S/c1-15-7-8-16(26)13-17(15)22-18(25(27,28)29)9-10-19(30-22)32-38(36,37)21-6-3-5-20(31-21)33-12-4-11-24(2,14-33)23(34)35/h3,5-10,13H,4,11-12,14H2,1-2H3,(H,30,32)(H,34,35). The number of carboxylic acids is 1. The molecule has 0 radical (unpaired) electrons. The van der Waals surface area contributed by atoms with E-state index < -0.39 is 55.5 Å². The largest absolute Gasteiger partial charge is 0.481 e. The second-order valence-electron chi connectivity index (χ2n) is 9.38. The highest BCUT2D eigenvalue weighted by atomic mass is 32.2. The number of alkyl halides is 3. The lowest BCUT2D eigenvalue weighted by Gasteiger charge is -2.38. The number of piperidine rings is 1. The van der Waals surface area contributed by atoms with Gasteiger partial charge in [0.1, 0.15) is 17.5 Å². The maximum Gasteiger partial charge on any atom is 0.418 e. The minimum Gasteiger partial charge on any atom is -0.481 e. The number of sulfonamides is 1. The molecule has 3 aromatic rings. The fourth-order valence-corrected chi connectivity index (χ4v) is 5.29. The van der Waals surface area contributed by atoms with Gasteiger partial charge in [-0.25, -0.2) is 14.4 Å². The molecule has 0 amide bonds. The Balaban J connectivity index is 1.68. The summed E-state index contributed by atoms with van der Waals surface area (Å²) in [6.07, 6.45) is -3.80. The van der Waals surface area contributed by atoms with Crippen LogP contribution in [0.5, 0.6) is 0 Å². The predicted octanol–water partition coefficient (Wildman–Crippen LogP) is 5.10. The zero-order valence-electron chi connectivity index (χ0n) is 20.4. The van der Waals surface area contributed by atoms with Crippen LogP contribution in [-0.4, -0.2) is 42.6 Å². The van der Waals surface area contributed by atoms with E-state index in [9.17, 15) is 35.9 Å². The highest BCUT2D eigenvalue weighted by Gasteiger charge is 2.39. The molecule has 202 valence electrons. The maximum absolute atomic E-state index is 13.9. The molecule has 4 rings (SSSR count). The van der Waals surface area contributed by atoms with E-state index >= 15 is 0 Å². The van der Waals surface area contributed by atoms with Gasteiger partial charge >= 0.3 is 12.1 Å². The van der Waals surface area contributed by atoms with E-state index in [0.29, 0.717) is 31.0 Å². The Kier molecular flexibility index (Phi) is 7.08. The number of aliphatic carboxylic acids is 1. The Labute approximate surface area is 216 Å². The number of anilines is 2. The summed E-state index contributed by atoms with van der Waals surface area (Å²) in [6, 6.07) is 9.03. The van der Waals surface area contributed by atoms with Crippen molar-refractivity contribution in [1.82, 2.24) is 9.97 Å². The number of hydrogen-bond donors (Lipinski definition) is 2. The first kappa shape index (κ1) is 27.3. The Morgan fingerprint density at radius 3 is 2.55 bits per heavy atom. The topological polar surface area (TPSA) is 112 Å². The van der Waals surface area contributed by atoms with Crippen LogP contribution in [0.2, 0.25) is 0 Å². The molecule has 1 fully saturated rings. The second kappa shape index (κ2) is 9.86. The van der Waals surface area contributed by atoms with Crippen molar-refractivity contribution in [2.24, 2.45) is 5.41 Å². The molecule has 1 saturated heterocycles. The van der Waals surface area contributed by atoms with E-state index in [1.807, 2.05) is 0 Å². The second-order valence-corrected chi connectivity index (χ2v) is 11.0. The average Bonchev–Trinajstić information content (AvgIpc) is 2.84. The first-order valence-electron chi connectivity index (χ1n) is 11.5. The van der Waals surface area contributed by atoms with Gasteiger partial charge < -0.3 is 10.0 Å². The van der Waals surface area contributed by atoms with Crippen molar-refractivity contribution in [3.05, 3.63) is 65.5 Å². The highest BCUT2D eigenvalue weighted by molar-refractivity contribution is 7.92. The van der Waals surface area contributed by atoms with Crippen LogP contribution in [0.25, 0.3) is 11.3 Å². The average molecular weight is 553 g/mol. The molecule has 1 aromatic carbocycles. The molecule has 3 heterocycles. The molecule has 1 unspecified atom stereocenters. The quantitative estimate of drug-likeness (QED) is 0.409. The molecule has 2 N–H and O–H groups in total. The lowest BCUT2D eigenvalue weighted by molar-refractivity contribution is -0.148. The third-order valence-electron chi connectivity index (χ3n) is 6.42. The fourth-order valence-electron chi connectivity index (χ4n) is 4.33. The van der Waals surface area contributed by atoms with Crippen LogP contribution in [0.1, 0.15) is 30.9 Å². The van der Waals surface area contributed by atoms with E-state index in [2.05, 4.69) is 14.7 Å². The van der Waals surface area contributed by atoms with Crippen molar-refractivity contribution in [2.45, 2.75) is 37.9 Å². The van der Waals surface area contributed by atoms with Gasteiger partial charge in [0.25, 0.3) is 10.0 Å². The van der Waals surface area contributed by atoms with E-state index in [0.717, 1.165) is 18.2 Å². The fraction of sp³-hybridized carbons (Fsp3) is 0.320. The lowest BCUT2D eigenvalue weighted by Crippen LogP contribution is -2.46. The van der Waals surface area contributed by atoms with E-state index in [1.165, 1.54) is 25.1 Å². The first-order chi connectivity index (χ1) is 17.7. The zero-order chi connectivity index (χ0) is 27.9. The van der Waals surface area contributed by atoms with Gasteiger partial charge in [0.05, 0.1) is 16.7 Å². The van der Waals surface area contributed by atoms with E-state index in [1.54, 1.807) is 17.9 Å². The number of halogens is 4. The molecule has 13 heteroatoms. The molecule has 0 bridgehead atoms. The number of nitrogens with zero attached hydrogens (tertiary/aromatic N) is 3. The van der Waals surface area contributed by atoms with Crippen molar-refractivity contribution in [2.75, 3.05) is 22.7 Å². The normalized spacial score (nSPS) is 18.3. The van der Waals surface area contributed by atoms with Gasteiger partial charge in [-0.2, -0.15) is 21.6 Å². The summed E-state index contributed by atoms with van der Waals surface area (Å²) >= 11 is 0. The number of nitrogens with one attached hydrogen (secondary N) is 1. The van der Waals surface area contributed by atoms with E-state index in [4.69, 9.17) is 0 Å². The van der Waals surface area contributed by atoms with Gasteiger partial charge in [0, 0.05) is 18.7 Å². The van der Waals surface area contributed by atoms with Crippen LogP contribution in [0, 0.1) is 18.2 Å². The Bertz CT molecular complexity index is 1500. The monoisotopic (exact) mass is 552 g/mol. The number of aryl methyl sites for hydroxylation is 1. The van der Waals surface area contributed by atoms with Crippen molar-refractivity contribution >= 4 is 27.6 Å². The molecule has 2 aromatic heterocycles. The summed E-state index contributed by atoms with van der Waals surface area (Å²) < 4.78 is 83.4. The van der Waals surface area contributed by atoms with Gasteiger partial charge in [-0.15, -0.1) is 0 Å². The predicted molar refractivity (Wildman–Crippen MR) is 132 cm³/mol. The Morgan fingerprint density at radius 2 is 1.87 bits per heavy atom. The lowest BCUT2D eigenvalue weighted by atomic mass is 9.82. The molecule has 38 heavy (non-hydrogen) atoms. The molecule has 1 aliphatic rings. The zero-order valence-corrected chi connectivity index (χ0v) is 21.2. The van der Waals surface area contributed by atoms with Crippen LogP contribution in [0.15, 0.2) is 53.6 Å². The first-order valence-corrected chi connectivity index (χ1v) is 13.0. The number of aromatic nitrogens is 2. The van der Waals surface area contributed by atoms with Crippen LogP contribution >= 0.6 is 0 Å². The smallest absolute Gasteiger partial charge is 0.418 e. The maximum atomic E-state index is 13.9. The summed E-state index contributed by atoms with van der Waals surface area (Å²) in [5.41, 5.74) is -2.62. The van der Waals surface area contributed by atoms with Crippen LogP contribution in [0.3, 0.4) is 0 Å². The SMILES string of the molecule is Cc1ccc(F)cc1-c1nc(NS(=O)(=O)c2cccc(N3CCCC(C)(C(=O)O)C3)n2)ccc1C(F)(F)F. The third kappa shape index (κ3) is 5.57. The van der Waals surface area contributed by atoms with Gasteiger partial charge in [-0.3, -0.25) is 9.52 Å². The van der Waals surface area contributed by atoms with Crippen molar-refractivity contribution in [3.8, 4) is 11.3 Å². The number of carbonyl (C=O) groups is 1. The van der Waals surface area contributed by atoms with Gasteiger partial charge in [0.2, 0.25) is 0 Å². The molecule has 0 spiro atoms. The summed E-state index contributed by atoms with van der Waals surface area (Å²) in [4.78, 5) is 21.4. The number of carboxylic acid groups (broad SMARTS) is 1. The van der Waals surface area contributed by atoms with Crippen LogP contribution in [0.4, 0.5) is 29.2 Å². The Morgan fingerprint density at radius 1 is 1.13 bits per heavy atom. The highest BCUT2D eigenvalue weighted by Crippen LogP contribution is 2.38. The van der Waals surface area contributed by atoms with Gasteiger partial charge in [-0.05, 0) is 68.7 Å². The van der Waals surface area contributed by atoms with E-state index in [-0.39, 0.29) is 17.9 Å². The van der Waals surface area contributed by atoms with Crippen molar-refractivity contribution < 1.29 is 35.9 Å². The molecular weight excluding hydrogens is 528 g/mol. The molecule has 8 nitrogen and oxygen atoms in total.